The van der Waals surface area contributed by atoms with Gasteiger partial charge >= 0.3 is 0 Å². The second-order valence-electron chi connectivity index (χ2n) is 6.74. The van der Waals surface area contributed by atoms with E-state index in [0.717, 1.165) is 40.6 Å². The molecule has 1 unspecified atom stereocenters. The molecule has 0 saturated carbocycles. The quantitative estimate of drug-likeness (QED) is 0.161. The largest absolute Gasteiger partial charge is 0.386 e. The van der Waals surface area contributed by atoms with Crippen LogP contribution in [0.25, 0.3) is 10.1 Å². The average Bonchev–Trinajstić information content (AvgIpc) is 3.30. The Morgan fingerprint density at radius 1 is 1.30 bits per heavy atom. The fourth-order valence-electron chi connectivity index (χ4n) is 2.80. The summed E-state index contributed by atoms with van der Waals surface area (Å²) in [6.07, 6.45) is 2.55. The second kappa shape index (κ2) is 12.5. The van der Waals surface area contributed by atoms with Crippen molar-refractivity contribution in [1.82, 2.24) is 25.4 Å². The number of hydrogen-bond donors (Lipinski definition) is 3. The molecule has 0 bridgehead atoms. The number of nitrogens with zero attached hydrogens (tertiary/aromatic N) is 4. The molecule has 0 spiro atoms. The molecule has 0 aliphatic heterocycles. The predicted molar refractivity (Wildman–Crippen MR) is 138 cm³/mol. The number of aromatic nitrogens is 3. The lowest BCUT2D eigenvalue weighted by molar-refractivity contribution is 0.184. The molecule has 3 N–H and O–H groups in total. The van der Waals surface area contributed by atoms with E-state index in [1.54, 1.807) is 11.3 Å². The van der Waals surface area contributed by atoms with Gasteiger partial charge < -0.3 is 20.3 Å². The molecular weight excluding hydrogens is 531 g/mol. The van der Waals surface area contributed by atoms with Gasteiger partial charge in [0.15, 0.2) is 11.8 Å². The Bertz CT molecular complexity index is 925. The zero-order valence-corrected chi connectivity index (χ0v) is 21.4. The number of aliphatic hydroxyl groups is 1. The molecule has 0 aliphatic carbocycles. The van der Waals surface area contributed by atoms with Gasteiger partial charge in [-0.2, -0.15) is 11.8 Å². The highest BCUT2D eigenvalue weighted by molar-refractivity contribution is 14.0. The molecule has 0 aliphatic rings. The first-order valence-electron chi connectivity index (χ1n) is 9.61. The summed E-state index contributed by atoms with van der Waals surface area (Å²) in [7, 11) is 1.93. The third-order valence-electron chi connectivity index (χ3n) is 4.61. The highest BCUT2D eigenvalue weighted by atomic mass is 127. The second-order valence-corrected chi connectivity index (χ2v) is 8.84. The van der Waals surface area contributed by atoms with Gasteiger partial charge in [0.1, 0.15) is 18.5 Å². The van der Waals surface area contributed by atoms with Crippen molar-refractivity contribution in [3.05, 3.63) is 46.9 Å². The molecule has 7 nitrogen and oxygen atoms in total. The van der Waals surface area contributed by atoms with Crippen LogP contribution in [0.4, 0.5) is 0 Å². The summed E-state index contributed by atoms with van der Waals surface area (Å²) in [5, 5.41) is 26.7. The van der Waals surface area contributed by atoms with E-state index in [2.05, 4.69) is 50.3 Å². The Morgan fingerprint density at radius 3 is 2.80 bits per heavy atom. The standard InChI is InChI=1S/C20H28N6OS2.HI/c1-14-24-25-19(26(14)2)13-23-20(21-9-6-10-28-3)22-12-16(27)18-11-15-7-4-5-8-17(15)29-18;/h4-5,7-8,11,16,27H,6,9-10,12-13H2,1-3H3,(H2,21,22,23);1H. The maximum absolute atomic E-state index is 10.6. The number of benzene rings is 1. The number of rotatable bonds is 9. The first-order valence-corrected chi connectivity index (χ1v) is 11.8. The smallest absolute Gasteiger partial charge is 0.191 e. The fourth-order valence-corrected chi connectivity index (χ4v) is 4.28. The van der Waals surface area contributed by atoms with Gasteiger partial charge in [0.05, 0.1) is 0 Å². The van der Waals surface area contributed by atoms with Crippen LogP contribution in [0.1, 0.15) is 29.1 Å². The van der Waals surface area contributed by atoms with Gasteiger partial charge in [0.2, 0.25) is 0 Å². The van der Waals surface area contributed by atoms with E-state index >= 15 is 0 Å². The maximum atomic E-state index is 10.6. The number of thioether (sulfide) groups is 1. The minimum atomic E-state index is -0.595. The summed E-state index contributed by atoms with van der Waals surface area (Å²) in [5.41, 5.74) is 0. The van der Waals surface area contributed by atoms with Gasteiger partial charge in [-0.3, -0.25) is 0 Å². The van der Waals surface area contributed by atoms with E-state index in [1.165, 1.54) is 4.70 Å². The summed E-state index contributed by atoms with van der Waals surface area (Å²) < 4.78 is 3.12. The lowest BCUT2D eigenvalue weighted by Gasteiger charge is -2.15. The topological polar surface area (TPSA) is 87.4 Å². The van der Waals surface area contributed by atoms with Crippen LogP contribution in [0.5, 0.6) is 0 Å². The summed E-state index contributed by atoms with van der Waals surface area (Å²) in [4.78, 5) is 5.58. The number of aliphatic hydroxyl groups excluding tert-OH is 1. The third-order valence-corrected chi connectivity index (χ3v) is 6.53. The molecule has 1 aromatic carbocycles. The van der Waals surface area contributed by atoms with E-state index < -0.39 is 6.10 Å². The summed E-state index contributed by atoms with van der Waals surface area (Å²) in [5.74, 6) is 3.43. The predicted octanol–water partition coefficient (Wildman–Crippen LogP) is 3.48. The van der Waals surface area contributed by atoms with Crippen LogP contribution in [-0.4, -0.2) is 50.9 Å². The number of hydrogen-bond acceptors (Lipinski definition) is 6. The van der Waals surface area contributed by atoms with Crippen LogP contribution < -0.4 is 10.6 Å². The summed E-state index contributed by atoms with van der Waals surface area (Å²) >= 11 is 3.45. The van der Waals surface area contributed by atoms with Crippen LogP contribution in [0.2, 0.25) is 0 Å². The number of nitrogens with one attached hydrogen (secondary N) is 2. The number of halogens is 1. The van der Waals surface area contributed by atoms with Gasteiger partial charge in [0, 0.05) is 29.7 Å². The van der Waals surface area contributed by atoms with Gasteiger partial charge in [-0.1, -0.05) is 18.2 Å². The molecule has 0 fully saturated rings. The molecule has 0 saturated heterocycles. The van der Waals surface area contributed by atoms with Crippen molar-refractivity contribution in [2.45, 2.75) is 26.0 Å². The van der Waals surface area contributed by atoms with Gasteiger partial charge in [0.25, 0.3) is 0 Å². The Morgan fingerprint density at radius 2 is 2.10 bits per heavy atom. The minimum absolute atomic E-state index is 0. The van der Waals surface area contributed by atoms with Crippen molar-refractivity contribution in [2.24, 2.45) is 12.0 Å². The number of fused-ring (bicyclic) bond motifs is 1. The third kappa shape index (κ3) is 6.82. The van der Waals surface area contributed by atoms with Crippen molar-refractivity contribution >= 4 is 63.1 Å². The first-order chi connectivity index (χ1) is 14.1. The molecule has 0 radical (unpaired) electrons. The maximum Gasteiger partial charge on any atom is 0.191 e. The molecule has 0 amide bonds. The number of aryl methyl sites for hydroxylation is 1. The van der Waals surface area contributed by atoms with E-state index in [9.17, 15) is 5.11 Å². The monoisotopic (exact) mass is 560 g/mol. The van der Waals surface area contributed by atoms with E-state index in [0.29, 0.717) is 19.0 Å². The number of aliphatic imine (C=N–C) groups is 1. The molecule has 164 valence electrons. The first kappa shape index (κ1) is 24.9. The average molecular weight is 561 g/mol. The summed E-state index contributed by atoms with van der Waals surface area (Å²) in [6, 6.07) is 10.2. The molecule has 1 atom stereocenters. The van der Waals surface area contributed by atoms with Crippen molar-refractivity contribution in [1.29, 1.82) is 0 Å². The van der Waals surface area contributed by atoms with Crippen LogP contribution in [-0.2, 0) is 13.6 Å². The SMILES string of the molecule is CSCCCNC(=NCc1nnc(C)n1C)NCC(O)c1cc2ccccc2s1.I. The van der Waals surface area contributed by atoms with Gasteiger partial charge in [-0.15, -0.1) is 45.5 Å². The van der Waals surface area contributed by atoms with Crippen LogP contribution >= 0.6 is 47.1 Å². The minimum Gasteiger partial charge on any atom is -0.386 e. The van der Waals surface area contributed by atoms with Gasteiger partial charge in [-0.25, -0.2) is 4.99 Å². The molecule has 30 heavy (non-hydrogen) atoms. The number of thiophene rings is 1. The van der Waals surface area contributed by atoms with E-state index in [-0.39, 0.29) is 24.0 Å². The highest BCUT2D eigenvalue weighted by Crippen LogP contribution is 2.29. The molecular formula is C20H29IN6OS2. The van der Waals surface area contributed by atoms with Crippen molar-refractivity contribution in [2.75, 3.05) is 25.1 Å². The zero-order chi connectivity index (χ0) is 20.6. The van der Waals surface area contributed by atoms with Crippen LogP contribution in [0.15, 0.2) is 35.3 Å². The lowest BCUT2D eigenvalue weighted by atomic mass is 10.2. The zero-order valence-electron chi connectivity index (χ0n) is 17.5. The summed E-state index contributed by atoms with van der Waals surface area (Å²) in [6.45, 7) is 3.55. The Kier molecular flexibility index (Phi) is 10.4. The van der Waals surface area contributed by atoms with E-state index in [4.69, 9.17) is 0 Å². The Labute approximate surface area is 202 Å². The lowest BCUT2D eigenvalue weighted by Crippen LogP contribution is -2.40. The molecule has 2 heterocycles. The van der Waals surface area contributed by atoms with Crippen molar-refractivity contribution in [3.63, 3.8) is 0 Å². The molecule has 3 rings (SSSR count). The number of guanidine groups is 1. The van der Waals surface area contributed by atoms with Crippen molar-refractivity contribution in [3.8, 4) is 0 Å². The molecule has 2 aromatic heterocycles. The normalized spacial score (nSPS) is 12.6. The fraction of sp³-hybridized carbons (Fsp3) is 0.450. The Balaban J connectivity index is 0.00000320. The molecule has 3 aromatic rings. The van der Waals surface area contributed by atoms with E-state index in [1.807, 2.05) is 42.4 Å². The van der Waals surface area contributed by atoms with Crippen LogP contribution in [0, 0.1) is 6.92 Å². The highest BCUT2D eigenvalue weighted by Gasteiger charge is 2.12. The Hall–Kier alpha value is -1.37. The van der Waals surface area contributed by atoms with Crippen molar-refractivity contribution < 1.29 is 5.11 Å². The van der Waals surface area contributed by atoms with Gasteiger partial charge in [-0.05, 0) is 42.9 Å². The molecule has 10 heteroatoms. The van der Waals surface area contributed by atoms with Crippen LogP contribution in [0.3, 0.4) is 0 Å².